The van der Waals surface area contributed by atoms with Gasteiger partial charge in [-0.25, -0.2) is 24.4 Å². The van der Waals surface area contributed by atoms with Gasteiger partial charge in [-0.3, -0.25) is 0 Å². The second-order valence-corrected chi connectivity index (χ2v) is 6.88. The number of hydrogen-bond acceptors (Lipinski definition) is 6. The highest BCUT2D eigenvalue weighted by Crippen LogP contribution is 2.45. The molecule has 0 atom stereocenters. The Kier molecular flexibility index (Phi) is 6.18. The van der Waals surface area contributed by atoms with E-state index in [0.29, 0.717) is 11.8 Å². The highest BCUT2D eigenvalue weighted by atomic mass is 16.1. The third-order valence-electron chi connectivity index (χ3n) is 5.80. The predicted molar refractivity (Wildman–Crippen MR) is 84.3 cm³/mol. The van der Waals surface area contributed by atoms with Gasteiger partial charge in [0, 0.05) is 0 Å². The van der Waals surface area contributed by atoms with Crippen LogP contribution < -0.4 is 0 Å². The molecule has 0 saturated heterocycles. The van der Waals surface area contributed by atoms with Crippen LogP contribution in [0.25, 0.3) is 0 Å². The minimum Gasteiger partial charge on any atom is -0.211 e. The highest BCUT2D eigenvalue weighted by molar-refractivity contribution is 5.36. The molecule has 0 N–H and O–H groups in total. The van der Waals surface area contributed by atoms with Crippen molar-refractivity contribution in [2.75, 3.05) is 0 Å². The summed E-state index contributed by atoms with van der Waals surface area (Å²) >= 11 is 0. The van der Waals surface area contributed by atoms with E-state index in [4.69, 9.17) is 0 Å². The maximum absolute atomic E-state index is 11.0. The lowest BCUT2D eigenvalue weighted by Gasteiger charge is -2.44. The van der Waals surface area contributed by atoms with E-state index in [0.717, 1.165) is 51.4 Å². The Balaban J connectivity index is 2.06. The molecule has 0 aromatic rings. The Morgan fingerprint density at radius 1 is 0.696 bits per heavy atom. The summed E-state index contributed by atoms with van der Waals surface area (Å²) in [7, 11) is 0. The lowest BCUT2D eigenvalue weighted by Crippen LogP contribution is -2.44. The average molecular weight is 317 g/mol. The van der Waals surface area contributed by atoms with Gasteiger partial charge >= 0.3 is 0 Å². The number of isocyanates is 3. The molecule has 2 fully saturated rings. The molecule has 124 valence electrons. The molecule has 0 unspecified atom stereocenters. The quantitative estimate of drug-likeness (QED) is 0.577. The molecule has 6 heteroatoms. The molecule has 0 heterocycles. The van der Waals surface area contributed by atoms with Crippen LogP contribution in [0.3, 0.4) is 0 Å². The zero-order valence-electron chi connectivity index (χ0n) is 13.5. The van der Waals surface area contributed by atoms with Crippen molar-refractivity contribution in [3.8, 4) is 0 Å². The number of hydrogen-bond donors (Lipinski definition) is 0. The van der Waals surface area contributed by atoms with Crippen molar-refractivity contribution in [1.29, 1.82) is 0 Å². The Hall–Kier alpha value is -1.86. The van der Waals surface area contributed by atoms with E-state index in [1.165, 1.54) is 0 Å². The molecule has 2 rings (SSSR count). The standard InChI is InChI=1S/C17H23N3O3/c1-17(20-12-23,13-2-6-15(7-3-13)18-10-21)14-4-8-16(9-5-14)19-11-22/h13-16H,2-9H2,1H3. The first kappa shape index (κ1) is 17.5. The van der Waals surface area contributed by atoms with Crippen molar-refractivity contribution in [3.05, 3.63) is 0 Å². The third-order valence-corrected chi connectivity index (χ3v) is 5.80. The van der Waals surface area contributed by atoms with E-state index in [1.54, 1.807) is 18.2 Å². The summed E-state index contributed by atoms with van der Waals surface area (Å²) in [4.78, 5) is 43.7. The first-order chi connectivity index (χ1) is 11.1. The Labute approximate surface area is 136 Å². The van der Waals surface area contributed by atoms with E-state index in [-0.39, 0.29) is 12.1 Å². The van der Waals surface area contributed by atoms with Crippen molar-refractivity contribution in [3.63, 3.8) is 0 Å². The Morgan fingerprint density at radius 2 is 1.09 bits per heavy atom. The van der Waals surface area contributed by atoms with E-state index < -0.39 is 5.54 Å². The van der Waals surface area contributed by atoms with Gasteiger partial charge in [0.15, 0.2) is 0 Å². The van der Waals surface area contributed by atoms with Crippen LogP contribution in [0.1, 0.15) is 58.3 Å². The van der Waals surface area contributed by atoms with Gasteiger partial charge in [0.2, 0.25) is 18.2 Å². The second kappa shape index (κ2) is 8.12. The molecule has 0 aliphatic heterocycles. The van der Waals surface area contributed by atoms with Gasteiger partial charge in [-0.15, -0.1) is 0 Å². The largest absolute Gasteiger partial charge is 0.235 e. The van der Waals surface area contributed by atoms with Gasteiger partial charge in [-0.2, -0.15) is 4.99 Å². The van der Waals surface area contributed by atoms with Gasteiger partial charge in [0.25, 0.3) is 0 Å². The molecule has 0 aromatic heterocycles. The zero-order chi connectivity index (χ0) is 16.7. The summed E-state index contributed by atoms with van der Waals surface area (Å²) in [6, 6.07) is 0.122. The molecule has 2 saturated carbocycles. The average Bonchev–Trinajstić information content (AvgIpc) is 2.57. The fourth-order valence-electron chi connectivity index (χ4n) is 4.34. The van der Waals surface area contributed by atoms with Gasteiger partial charge in [0.05, 0.1) is 17.6 Å². The van der Waals surface area contributed by atoms with Crippen molar-refractivity contribution >= 4 is 18.2 Å². The second-order valence-electron chi connectivity index (χ2n) is 6.88. The molecule has 2 aliphatic carbocycles. The van der Waals surface area contributed by atoms with E-state index >= 15 is 0 Å². The fraction of sp³-hybridized carbons (Fsp3) is 0.824. The van der Waals surface area contributed by atoms with Crippen molar-refractivity contribution < 1.29 is 14.4 Å². The monoisotopic (exact) mass is 317 g/mol. The number of rotatable bonds is 5. The fourth-order valence-corrected chi connectivity index (χ4v) is 4.34. The summed E-state index contributed by atoms with van der Waals surface area (Å²) in [6.45, 7) is 2.06. The zero-order valence-corrected chi connectivity index (χ0v) is 13.5. The van der Waals surface area contributed by atoms with Crippen molar-refractivity contribution in [1.82, 2.24) is 0 Å². The van der Waals surface area contributed by atoms with Crippen LogP contribution >= 0.6 is 0 Å². The van der Waals surface area contributed by atoms with E-state index in [1.807, 2.05) is 0 Å². The summed E-state index contributed by atoms with van der Waals surface area (Å²) < 4.78 is 0. The van der Waals surface area contributed by atoms with Gasteiger partial charge in [-0.05, 0) is 70.1 Å². The molecule has 0 amide bonds. The maximum atomic E-state index is 11.0. The van der Waals surface area contributed by atoms with Crippen LogP contribution in [0, 0.1) is 11.8 Å². The summed E-state index contributed by atoms with van der Waals surface area (Å²) in [5.41, 5.74) is -0.423. The molecular weight excluding hydrogens is 294 g/mol. The molecule has 23 heavy (non-hydrogen) atoms. The number of carbonyl (C=O) groups excluding carboxylic acids is 3. The summed E-state index contributed by atoms with van der Waals surface area (Å²) in [6.07, 6.45) is 12.1. The molecule has 0 aromatic carbocycles. The lowest BCUT2D eigenvalue weighted by atomic mass is 9.64. The normalized spacial score (nSPS) is 33.3. The Bertz CT molecular complexity index is 503. The number of nitrogens with zero attached hydrogens (tertiary/aromatic N) is 3. The molecule has 0 spiro atoms. The maximum Gasteiger partial charge on any atom is 0.235 e. The van der Waals surface area contributed by atoms with E-state index in [9.17, 15) is 14.4 Å². The van der Waals surface area contributed by atoms with E-state index in [2.05, 4.69) is 21.9 Å². The SMILES string of the molecule is CC(N=C=O)(C1CCC(N=C=O)CC1)C1CCC(N=C=O)CC1. The Morgan fingerprint density at radius 3 is 1.39 bits per heavy atom. The van der Waals surface area contributed by atoms with Crippen LogP contribution in [-0.4, -0.2) is 35.9 Å². The van der Waals surface area contributed by atoms with Gasteiger partial charge in [-0.1, -0.05) is 0 Å². The van der Waals surface area contributed by atoms with Crippen molar-refractivity contribution in [2.24, 2.45) is 26.8 Å². The van der Waals surface area contributed by atoms with Crippen LogP contribution in [0.15, 0.2) is 15.0 Å². The topological polar surface area (TPSA) is 88.3 Å². The number of aliphatic imine (C=N–C) groups is 3. The highest BCUT2D eigenvalue weighted by Gasteiger charge is 2.44. The smallest absolute Gasteiger partial charge is 0.211 e. The first-order valence-electron chi connectivity index (χ1n) is 8.37. The summed E-state index contributed by atoms with van der Waals surface area (Å²) in [5, 5.41) is 0. The summed E-state index contributed by atoms with van der Waals surface area (Å²) in [5.74, 6) is 0.608. The molecule has 0 radical (unpaired) electrons. The molecular formula is C17H23N3O3. The van der Waals surface area contributed by atoms with Gasteiger partial charge in [0.1, 0.15) is 0 Å². The predicted octanol–water partition coefficient (Wildman–Crippen LogP) is 2.87. The minimum absolute atomic E-state index is 0.0610. The first-order valence-corrected chi connectivity index (χ1v) is 8.37. The lowest BCUT2D eigenvalue weighted by molar-refractivity contribution is 0.115. The molecule has 6 nitrogen and oxygen atoms in total. The van der Waals surface area contributed by atoms with Crippen molar-refractivity contribution in [2.45, 2.75) is 75.9 Å². The van der Waals surface area contributed by atoms with Crippen LogP contribution in [0.2, 0.25) is 0 Å². The van der Waals surface area contributed by atoms with Gasteiger partial charge < -0.3 is 0 Å². The van der Waals surface area contributed by atoms with Crippen LogP contribution in [-0.2, 0) is 14.4 Å². The molecule has 2 aliphatic rings. The van der Waals surface area contributed by atoms with Crippen LogP contribution in [0.5, 0.6) is 0 Å². The molecule has 0 bridgehead atoms. The minimum atomic E-state index is -0.423. The van der Waals surface area contributed by atoms with Crippen LogP contribution in [0.4, 0.5) is 0 Å². The third kappa shape index (κ3) is 4.11.